The molecular formula is C36H44N6O9S. The van der Waals surface area contributed by atoms with Crippen molar-refractivity contribution in [2.45, 2.75) is 67.8 Å². The second-order valence-corrected chi connectivity index (χ2v) is 15.3. The minimum atomic E-state index is -3.87. The molecule has 15 nitrogen and oxygen atoms in total. The zero-order valence-corrected chi connectivity index (χ0v) is 29.8. The number of carbonyl (C=O) groups excluding carboxylic acids is 5. The Morgan fingerprint density at radius 3 is 2.62 bits per heavy atom. The van der Waals surface area contributed by atoms with Crippen LogP contribution in [-0.2, 0) is 33.9 Å². The average molecular weight is 737 g/mol. The Morgan fingerprint density at radius 2 is 1.92 bits per heavy atom. The SMILES string of the molecule is C=CC(=O)N(C)CC(NC(=O)OCCCC=Cc1ccc2cc[nH]c(=O)c2c1)C(=O)N1CCCC1C(=O)NC1(C(=O)NS(=O)(=O)C2CC2)CC1C=C. The number of hydrogen-bond donors (Lipinski definition) is 4. The van der Waals surface area contributed by atoms with Crippen LogP contribution in [0.4, 0.5) is 4.79 Å². The van der Waals surface area contributed by atoms with Crippen LogP contribution < -0.4 is 20.9 Å². The molecule has 2 saturated carbocycles. The van der Waals surface area contributed by atoms with E-state index in [1.165, 1.54) is 22.9 Å². The Bertz CT molecular complexity index is 1960. The van der Waals surface area contributed by atoms with Gasteiger partial charge in [0.15, 0.2) is 0 Å². The highest BCUT2D eigenvalue weighted by molar-refractivity contribution is 7.91. The first-order chi connectivity index (χ1) is 24.8. The summed E-state index contributed by atoms with van der Waals surface area (Å²) in [6.07, 6.45) is 9.78. The van der Waals surface area contributed by atoms with E-state index < -0.39 is 68.5 Å². The Balaban J connectivity index is 1.18. The molecule has 2 heterocycles. The summed E-state index contributed by atoms with van der Waals surface area (Å²) in [5, 5.41) is 6.00. The number of aromatic amines is 1. The van der Waals surface area contributed by atoms with Crippen molar-refractivity contribution < 1.29 is 37.1 Å². The summed E-state index contributed by atoms with van der Waals surface area (Å²) in [5.74, 6) is -3.12. The molecule has 0 spiro atoms. The summed E-state index contributed by atoms with van der Waals surface area (Å²) >= 11 is 0. The molecule has 1 aliphatic heterocycles. The van der Waals surface area contributed by atoms with Gasteiger partial charge in [-0.2, -0.15) is 0 Å². The van der Waals surface area contributed by atoms with Gasteiger partial charge in [0, 0.05) is 31.1 Å². The number of nitrogens with zero attached hydrogens (tertiary/aromatic N) is 2. The van der Waals surface area contributed by atoms with Gasteiger partial charge in [0.25, 0.3) is 11.5 Å². The number of likely N-dealkylation sites (N-methyl/N-ethyl adjacent to an activating group) is 1. The van der Waals surface area contributed by atoms with E-state index in [4.69, 9.17) is 4.74 Å². The number of ether oxygens (including phenoxy) is 1. The number of pyridine rings is 1. The minimum Gasteiger partial charge on any atom is -0.450 e. The number of aromatic nitrogens is 1. The fourth-order valence-electron chi connectivity index (χ4n) is 6.30. The number of carbonyl (C=O) groups is 5. The third-order valence-corrected chi connectivity index (χ3v) is 11.4. The van der Waals surface area contributed by atoms with E-state index in [1.54, 1.807) is 12.3 Å². The number of unbranched alkanes of at least 4 members (excludes halogenated alkanes) is 1. The number of alkyl carbamates (subject to hydrolysis) is 1. The number of rotatable bonds is 16. The zero-order valence-electron chi connectivity index (χ0n) is 29.0. The van der Waals surface area contributed by atoms with Gasteiger partial charge in [-0.1, -0.05) is 36.9 Å². The molecule has 2 aliphatic carbocycles. The summed E-state index contributed by atoms with van der Waals surface area (Å²) < 4.78 is 32.4. The van der Waals surface area contributed by atoms with Gasteiger partial charge in [0.1, 0.15) is 17.6 Å². The molecule has 4 atom stereocenters. The van der Waals surface area contributed by atoms with E-state index in [0.29, 0.717) is 37.5 Å². The highest BCUT2D eigenvalue weighted by atomic mass is 32.2. The molecule has 4 N–H and O–H groups in total. The number of H-pyrrole nitrogens is 1. The molecule has 1 aromatic heterocycles. The smallest absolute Gasteiger partial charge is 0.407 e. The lowest BCUT2D eigenvalue weighted by atomic mass is 10.1. The first-order valence-corrected chi connectivity index (χ1v) is 18.7. The highest BCUT2D eigenvalue weighted by Crippen LogP contribution is 2.45. The summed E-state index contributed by atoms with van der Waals surface area (Å²) in [6, 6.07) is 5.06. The van der Waals surface area contributed by atoms with Crippen LogP contribution in [0.15, 0.2) is 66.6 Å². The molecule has 1 saturated heterocycles. The second-order valence-electron chi connectivity index (χ2n) is 13.3. The predicted molar refractivity (Wildman–Crippen MR) is 193 cm³/mol. The maximum Gasteiger partial charge on any atom is 0.407 e. The average Bonchev–Trinajstić information content (AvgIpc) is 4.05. The maximum absolute atomic E-state index is 13.9. The molecule has 52 heavy (non-hydrogen) atoms. The number of sulfonamides is 1. The summed E-state index contributed by atoms with van der Waals surface area (Å²) in [4.78, 5) is 83.1. The maximum atomic E-state index is 13.9. The van der Waals surface area contributed by atoms with E-state index in [0.717, 1.165) is 17.0 Å². The van der Waals surface area contributed by atoms with Gasteiger partial charge in [-0.25, -0.2) is 13.2 Å². The monoisotopic (exact) mass is 736 g/mol. The van der Waals surface area contributed by atoms with Gasteiger partial charge in [-0.15, -0.1) is 6.58 Å². The molecule has 0 bridgehead atoms. The number of likely N-dealkylation sites (tertiary alicyclic amines) is 1. The van der Waals surface area contributed by atoms with Crippen LogP contribution >= 0.6 is 0 Å². The number of hydrogen-bond acceptors (Lipinski definition) is 9. The van der Waals surface area contributed by atoms with Crippen LogP contribution in [0.3, 0.4) is 0 Å². The number of benzene rings is 1. The van der Waals surface area contributed by atoms with Crippen LogP contribution in [-0.4, -0.2) is 103 Å². The lowest BCUT2D eigenvalue weighted by Gasteiger charge is -2.31. The molecule has 0 radical (unpaired) electrons. The van der Waals surface area contributed by atoms with Gasteiger partial charge in [0.2, 0.25) is 27.7 Å². The summed E-state index contributed by atoms with van der Waals surface area (Å²) in [6.45, 7) is 7.11. The Labute approximate surface area is 301 Å². The first-order valence-electron chi connectivity index (χ1n) is 17.2. The number of amides is 5. The molecule has 16 heteroatoms. The van der Waals surface area contributed by atoms with Crippen molar-refractivity contribution >= 4 is 56.6 Å². The zero-order chi connectivity index (χ0) is 37.6. The fourth-order valence-corrected chi connectivity index (χ4v) is 7.67. The van der Waals surface area contributed by atoms with Crippen LogP contribution in [0.5, 0.6) is 0 Å². The van der Waals surface area contributed by atoms with Crippen LogP contribution in [0.25, 0.3) is 16.8 Å². The van der Waals surface area contributed by atoms with Crippen molar-refractivity contribution in [2.24, 2.45) is 5.92 Å². The van der Waals surface area contributed by atoms with Gasteiger partial charge < -0.3 is 30.2 Å². The molecule has 3 aliphatic rings. The third-order valence-electron chi connectivity index (χ3n) is 9.54. The van der Waals surface area contributed by atoms with Gasteiger partial charge >= 0.3 is 6.09 Å². The molecular weight excluding hydrogens is 692 g/mol. The van der Waals surface area contributed by atoms with E-state index in [2.05, 4.69) is 33.5 Å². The highest BCUT2D eigenvalue weighted by Gasteiger charge is 2.61. The van der Waals surface area contributed by atoms with Crippen LogP contribution in [0, 0.1) is 5.92 Å². The minimum absolute atomic E-state index is 0.0235. The Morgan fingerprint density at radius 1 is 1.15 bits per heavy atom. The Hall–Kier alpha value is -5.25. The number of allylic oxidation sites excluding steroid dienone is 1. The molecule has 278 valence electrons. The standard InChI is InChI=1S/C36H44N6O9S/c1-4-25-21-36(25,34(47)40-52(49,50)26-14-15-26)39-32(45)29-11-9-18-42(29)33(46)28(22-41(3)30(43)5-2)38-35(48)51-19-8-6-7-10-23-12-13-24-16-17-37-31(44)27(24)20-23/h4-5,7,10,12-13,16-17,20,25-26,28-29H,1-2,6,8-9,11,14-15,18-19,21-22H2,3H3,(H,37,44)(H,38,48)(H,39,45)(H,40,47). The van der Waals surface area contributed by atoms with Crippen molar-refractivity contribution in [2.75, 3.05) is 26.7 Å². The lowest BCUT2D eigenvalue weighted by Crippen LogP contribution is -2.59. The van der Waals surface area contributed by atoms with Crippen molar-refractivity contribution in [1.82, 2.24) is 30.1 Å². The van der Waals surface area contributed by atoms with E-state index in [1.807, 2.05) is 30.4 Å². The summed E-state index contributed by atoms with van der Waals surface area (Å²) in [5.41, 5.74) is -0.849. The van der Waals surface area contributed by atoms with Crippen molar-refractivity contribution in [3.8, 4) is 0 Å². The molecule has 2 aromatic rings. The van der Waals surface area contributed by atoms with Crippen LogP contribution in [0.2, 0.25) is 0 Å². The quantitative estimate of drug-likeness (QED) is 0.112. The predicted octanol–water partition coefficient (Wildman–Crippen LogP) is 1.72. The van der Waals surface area contributed by atoms with Crippen molar-refractivity contribution in [3.63, 3.8) is 0 Å². The second kappa shape index (κ2) is 16.0. The molecule has 4 unspecified atom stereocenters. The van der Waals surface area contributed by atoms with Gasteiger partial charge in [-0.05, 0) is 74.1 Å². The number of fused-ring (bicyclic) bond motifs is 1. The van der Waals surface area contributed by atoms with E-state index in [-0.39, 0.29) is 38.1 Å². The van der Waals surface area contributed by atoms with Crippen molar-refractivity contribution in [3.05, 3.63) is 77.8 Å². The topological polar surface area (TPSA) is 204 Å². The van der Waals surface area contributed by atoms with E-state index in [9.17, 15) is 37.2 Å². The van der Waals surface area contributed by atoms with Gasteiger partial charge in [-0.3, -0.25) is 28.7 Å². The molecule has 5 amide bonds. The molecule has 1 aromatic carbocycles. The van der Waals surface area contributed by atoms with Gasteiger partial charge in [0.05, 0.1) is 18.4 Å². The normalized spacial score (nSPS) is 21.6. The van der Waals surface area contributed by atoms with Crippen molar-refractivity contribution in [1.29, 1.82) is 0 Å². The number of nitrogens with one attached hydrogen (secondary N) is 4. The fraction of sp³-hybridized carbons (Fsp3) is 0.444. The lowest BCUT2D eigenvalue weighted by molar-refractivity contribution is -0.141. The first kappa shape index (κ1) is 38.0. The molecule has 5 rings (SSSR count). The van der Waals surface area contributed by atoms with E-state index >= 15 is 0 Å². The largest absolute Gasteiger partial charge is 0.450 e. The Kier molecular flexibility index (Phi) is 11.7. The molecule has 3 fully saturated rings. The third kappa shape index (κ3) is 8.78. The summed E-state index contributed by atoms with van der Waals surface area (Å²) in [7, 11) is -2.44. The van der Waals surface area contributed by atoms with Crippen LogP contribution in [0.1, 0.15) is 50.5 Å².